The van der Waals surface area contributed by atoms with Crippen LogP contribution in [0.3, 0.4) is 0 Å². The lowest BCUT2D eigenvalue weighted by atomic mass is 10.0. The summed E-state index contributed by atoms with van der Waals surface area (Å²) in [7, 11) is 0. The van der Waals surface area contributed by atoms with Crippen molar-refractivity contribution in [1.82, 2.24) is 69.1 Å². The van der Waals surface area contributed by atoms with E-state index in [0.29, 0.717) is 0 Å². The van der Waals surface area contributed by atoms with Crippen LogP contribution in [0.4, 0.5) is 0 Å². The predicted molar refractivity (Wildman–Crippen MR) is 380 cm³/mol. The molecule has 0 saturated carbocycles. The van der Waals surface area contributed by atoms with E-state index in [4.69, 9.17) is 34.4 Å². The molecule has 0 fully saturated rings. The fourth-order valence-corrected chi connectivity index (χ4v) is 10.1. The topological polar surface area (TPSA) is 746 Å². The van der Waals surface area contributed by atoms with Crippen molar-refractivity contribution in [3.8, 4) is 0 Å². The third-order valence-electron chi connectivity index (χ3n) is 14.6. The van der Waals surface area contributed by atoms with Crippen LogP contribution in [-0.2, 0) is 86.3 Å². The number of hydrogen-bond acceptors (Lipinski definition) is 25. The molecule has 105 heavy (non-hydrogen) atoms. The van der Waals surface area contributed by atoms with Gasteiger partial charge in [-0.25, -0.2) is 0 Å². The van der Waals surface area contributed by atoms with Gasteiger partial charge in [0.15, 0.2) is 11.9 Å². The Morgan fingerprint density at radius 3 is 0.981 bits per heavy atom. The predicted octanol–water partition coefficient (Wildman–Crippen LogP) is -11.5. The molecule has 0 aliphatic carbocycles. The van der Waals surface area contributed by atoms with E-state index in [-0.39, 0.29) is 62.0 Å². The molecule has 0 aromatic heterocycles. The number of nitrogens with two attached hydrogens (primary N) is 6. The first kappa shape index (κ1) is 95.0. The highest BCUT2D eigenvalue weighted by Gasteiger charge is 2.40. The number of primary amides is 2. The number of rotatable bonds is 51. The van der Waals surface area contributed by atoms with Gasteiger partial charge < -0.3 is 129 Å². The van der Waals surface area contributed by atoms with Crippen LogP contribution in [0.25, 0.3) is 0 Å². The standard InChI is InChI=1S/C58H99N21O23S3/c1-23(2)41(78-47(93)29(12-15-105-7)70-52(98)34(20-80)75-55(101)42(24(3)4)77-46(92)28(11-9-14-66-58(63)64)69-53(99)36(22-104)67-26(6)82)54(100)74-32(18-39(86)87)49(95)68-27(10-8-13-65-57(61)62)45(91)71-30(16-37(59)83)48(94)72-31(17-38(84)85)50(96)73-33(19-40(88)89)51(97)79-43(25(5)81)56(102)76-35(21-103)44(60)90/h23-25,27-36,41-43,80-81,103-104H,8-22H2,1-7H3,(H2,59,83)(H2,60,90)(H,67,82)(H,68,95)(H,69,99)(H,70,98)(H,71,91)(H,72,94)(H,73,96)(H,74,100)(H,75,101)(H,76,102)(H,77,92)(H,78,93)(H,79,97)(H,84,85)(H,86,87)(H,88,89)(H4,61,62,65)(H4,63,64,66)/t25-,27+,28+,29+,30+,31+,32+,33+,34+,35+,36+,41+,42+,43+/m1/s1. The molecule has 30 N–H and O–H groups in total. The summed E-state index contributed by atoms with van der Waals surface area (Å²) in [5.41, 5.74) is 32.3. The average molecular weight is 1550 g/mol. The monoisotopic (exact) mass is 1550 g/mol. The van der Waals surface area contributed by atoms with Crippen LogP contribution in [-0.4, -0.2) is 272 Å². The molecular weight excluding hydrogens is 1450 g/mol. The number of guanidine groups is 2. The van der Waals surface area contributed by atoms with Crippen molar-refractivity contribution in [3.05, 3.63) is 0 Å². The summed E-state index contributed by atoms with van der Waals surface area (Å²) < 4.78 is 0. The molecule has 0 radical (unpaired) electrons. The van der Waals surface area contributed by atoms with Crippen LogP contribution in [0, 0.1) is 11.8 Å². The number of nitrogens with zero attached hydrogens (tertiary/aromatic N) is 2. The van der Waals surface area contributed by atoms with Crippen molar-refractivity contribution in [2.24, 2.45) is 56.2 Å². The average Bonchev–Trinajstić information content (AvgIpc) is 0.861. The third-order valence-corrected chi connectivity index (χ3v) is 15.9. The van der Waals surface area contributed by atoms with E-state index in [1.54, 1.807) is 6.26 Å². The zero-order valence-corrected chi connectivity index (χ0v) is 61.2. The maximum Gasteiger partial charge on any atom is 0.305 e. The number of aliphatic imine (C=N–C) groups is 2. The highest BCUT2D eigenvalue weighted by Crippen LogP contribution is 2.12. The van der Waals surface area contributed by atoms with Crippen molar-refractivity contribution in [1.29, 1.82) is 0 Å². The maximum absolute atomic E-state index is 14.2. The van der Waals surface area contributed by atoms with E-state index in [2.05, 4.69) is 88.4 Å². The van der Waals surface area contributed by atoms with Gasteiger partial charge in [-0.1, -0.05) is 27.7 Å². The molecule has 0 heterocycles. The van der Waals surface area contributed by atoms with Crippen LogP contribution < -0.4 is 104 Å². The summed E-state index contributed by atoms with van der Waals surface area (Å²) in [6, 6.07) is -23.2. The minimum atomic E-state index is -2.31. The number of carbonyl (C=O) groups is 18. The highest BCUT2D eigenvalue weighted by atomic mass is 32.2. The first-order valence-corrected chi connectivity index (χ1v) is 34.9. The van der Waals surface area contributed by atoms with E-state index in [1.807, 2.05) is 16.0 Å². The Balaban J connectivity index is 7.07. The molecule has 47 heteroatoms. The van der Waals surface area contributed by atoms with Crippen molar-refractivity contribution >= 4 is 155 Å². The SMILES string of the molecule is CSCC[C@H](NC(=O)[C@H](CO)NC(=O)[C@@H](NC(=O)[C@H](CCCN=C(N)N)NC(=O)[C@H](CS)NC(C)=O)C(C)C)C(=O)N[C@H](C(=O)N[C@@H](CC(=O)O)C(=O)N[C@@H](CCCN=C(N)N)C(=O)N[C@@H](CC(N)=O)C(=O)N[C@@H](CC(=O)O)C(=O)N[C@@H](CC(=O)O)C(=O)N[C@H](C(=O)N[C@@H](CS)C(N)=O)[C@@H](C)O)C(C)C. The zero-order chi connectivity index (χ0) is 80.7. The smallest absolute Gasteiger partial charge is 0.305 e. The van der Waals surface area contributed by atoms with Crippen LogP contribution in [0.2, 0.25) is 0 Å². The minimum Gasteiger partial charge on any atom is -0.481 e. The molecule has 0 aliphatic heterocycles. The number of thioether (sulfide) groups is 1. The first-order valence-electron chi connectivity index (χ1n) is 32.2. The molecule has 0 aromatic rings. The summed E-state index contributed by atoms with van der Waals surface area (Å²) in [6.07, 6.45) is -5.99. The maximum atomic E-state index is 14.2. The quantitative estimate of drug-likeness (QED) is 0.0116. The van der Waals surface area contributed by atoms with E-state index >= 15 is 0 Å². The van der Waals surface area contributed by atoms with Gasteiger partial charge in [-0.15, -0.1) is 0 Å². The molecule has 0 aromatic carbocycles. The summed E-state index contributed by atoms with van der Waals surface area (Å²) in [5.74, 6) is -25.8. The fraction of sp³-hybridized carbons (Fsp3) is 0.655. The lowest BCUT2D eigenvalue weighted by Crippen LogP contribution is -2.62. The molecule has 0 aliphatic rings. The molecule has 0 unspecified atom stereocenters. The number of aliphatic hydroxyl groups excluding tert-OH is 2. The van der Waals surface area contributed by atoms with Gasteiger partial charge in [-0.05, 0) is 62.9 Å². The Labute approximate surface area is 617 Å². The van der Waals surface area contributed by atoms with Crippen molar-refractivity contribution in [3.63, 3.8) is 0 Å². The molecule has 0 rings (SSSR count). The van der Waals surface area contributed by atoms with Crippen LogP contribution in [0.1, 0.15) is 99.3 Å². The Morgan fingerprint density at radius 1 is 0.381 bits per heavy atom. The number of aliphatic carboxylic acids is 3. The van der Waals surface area contributed by atoms with Gasteiger partial charge in [0, 0.05) is 31.5 Å². The molecule has 592 valence electrons. The van der Waals surface area contributed by atoms with Gasteiger partial charge in [-0.2, -0.15) is 37.0 Å². The second-order valence-corrected chi connectivity index (χ2v) is 25.8. The lowest BCUT2D eigenvalue weighted by molar-refractivity contribution is -0.144. The van der Waals surface area contributed by atoms with Crippen molar-refractivity contribution in [2.45, 2.75) is 184 Å². The van der Waals surface area contributed by atoms with Crippen LogP contribution in [0.5, 0.6) is 0 Å². The van der Waals surface area contributed by atoms with Gasteiger partial charge in [0.25, 0.3) is 0 Å². The fourth-order valence-electron chi connectivity index (χ4n) is 9.11. The van der Waals surface area contributed by atoms with Crippen LogP contribution in [0.15, 0.2) is 9.98 Å². The van der Waals surface area contributed by atoms with Crippen molar-refractivity contribution < 1.29 is 112 Å². The second kappa shape index (κ2) is 48.8. The Bertz CT molecular complexity index is 3140. The van der Waals surface area contributed by atoms with Crippen LogP contribution >= 0.6 is 37.0 Å². The molecule has 0 spiro atoms. The van der Waals surface area contributed by atoms with E-state index in [1.165, 1.54) is 39.5 Å². The first-order chi connectivity index (χ1) is 48.9. The number of hydrogen-bond donors (Lipinski definition) is 26. The molecule has 44 nitrogen and oxygen atoms in total. The second-order valence-electron chi connectivity index (χ2n) is 24.1. The molecule has 14 atom stereocenters. The number of nitrogens with one attached hydrogen (secondary N) is 13. The lowest BCUT2D eigenvalue weighted by Gasteiger charge is -2.29. The van der Waals surface area contributed by atoms with Gasteiger partial charge in [0.05, 0.1) is 38.4 Å². The Kier molecular flexibility index (Phi) is 44.2. The van der Waals surface area contributed by atoms with Gasteiger partial charge in [0.2, 0.25) is 88.6 Å². The summed E-state index contributed by atoms with van der Waals surface area (Å²) in [6.45, 7) is 6.70. The van der Waals surface area contributed by atoms with E-state index in [0.717, 1.165) is 13.8 Å². The molecule has 15 amide bonds. The number of amides is 15. The zero-order valence-electron chi connectivity index (χ0n) is 58.6. The number of aliphatic hydroxyl groups is 2. The number of carbonyl (C=O) groups excluding carboxylic acids is 15. The van der Waals surface area contributed by atoms with Gasteiger partial charge in [-0.3, -0.25) is 96.3 Å². The van der Waals surface area contributed by atoms with E-state index < -0.39 is 248 Å². The Hall–Kier alpha value is -10.0. The van der Waals surface area contributed by atoms with Gasteiger partial charge >= 0.3 is 17.9 Å². The number of thiol groups is 2. The number of carboxylic acid groups (broad SMARTS) is 3. The summed E-state index contributed by atoms with van der Waals surface area (Å²) in [5, 5.41) is 79.2. The largest absolute Gasteiger partial charge is 0.481 e. The molecular formula is C58H99N21O23S3. The summed E-state index contributed by atoms with van der Waals surface area (Å²) in [4.78, 5) is 246. The molecule has 0 saturated heterocycles. The molecule has 0 bridgehead atoms. The van der Waals surface area contributed by atoms with E-state index in [9.17, 15) is 112 Å². The van der Waals surface area contributed by atoms with Crippen molar-refractivity contribution in [2.75, 3.05) is 43.2 Å². The minimum absolute atomic E-state index is 0.0224. The summed E-state index contributed by atoms with van der Waals surface area (Å²) >= 11 is 9.18. The van der Waals surface area contributed by atoms with Gasteiger partial charge in [0.1, 0.15) is 78.5 Å². The Morgan fingerprint density at radius 2 is 0.667 bits per heavy atom. The number of carboxylic acids is 3. The highest BCUT2D eigenvalue weighted by molar-refractivity contribution is 7.98. The third kappa shape index (κ3) is 37.3. The normalized spacial score (nSPS) is 14.9.